The third-order valence-electron chi connectivity index (χ3n) is 3.03. The molecule has 0 fully saturated rings. The van der Waals surface area contributed by atoms with Gasteiger partial charge in [-0.25, -0.2) is 9.59 Å². The van der Waals surface area contributed by atoms with Crippen molar-refractivity contribution in [1.29, 1.82) is 0 Å². The number of aliphatic hydroxyl groups is 1. The third-order valence-corrected chi connectivity index (χ3v) is 3.03. The molecule has 8 nitrogen and oxygen atoms in total. The van der Waals surface area contributed by atoms with E-state index in [1.807, 2.05) is 0 Å². The molecule has 1 aromatic carbocycles. The Kier molecular flexibility index (Phi) is 4.39. The molecule has 0 saturated carbocycles. The van der Waals surface area contributed by atoms with Crippen molar-refractivity contribution in [2.75, 3.05) is 23.4 Å². The second kappa shape index (κ2) is 6.23. The second-order valence-electron chi connectivity index (χ2n) is 4.50. The lowest BCUT2D eigenvalue weighted by molar-refractivity contribution is -0.139. The van der Waals surface area contributed by atoms with E-state index in [1.54, 1.807) is 24.3 Å². The van der Waals surface area contributed by atoms with Gasteiger partial charge in [0.25, 0.3) is 0 Å². The number of nitrogens with zero attached hydrogens (tertiary/aromatic N) is 1. The number of urea groups is 1. The molecular formula is C13H15N3O5. The fraction of sp³-hybridized carbons (Fsp3) is 0.308. The number of aliphatic carboxylic acids is 1. The first-order valence-electron chi connectivity index (χ1n) is 6.33. The van der Waals surface area contributed by atoms with Crippen LogP contribution in [0.4, 0.5) is 16.2 Å². The van der Waals surface area contributed by atoms with Gasteiger partial charge >= 0.3 is 12.0 Å². The normalized spacial score (nSPS) is 14.9. The van der Waals surface area contributed by atoms with E-state index >= 15 is 0 Å². The fourth-order valence-corrected chi connectivity index (χ4v) is 2.03. The van der Waals surface area contributed by atoms with E-state index in [9.17, 15) is 14.4 Å². The SMILES string of the molecule is O=C1CN(C(=O)N[C@@H](CCO)C(=O)O)c2ccccc2N1. The summed E-state index contributed by atoms with van der Waals surface area (Å²) in [7, 11) is 0. The van der Waals surface area contributed by atoms with Crippen LogP contribution >= 0.6 is 0 Å². The number of carboxylic acid groups (broad SMARTS) is 1. The summed E-state index contributed by atoms with van der Waals surface area (Å²) < 4.78 is 0. The maximum Gasteiger partial charge on any atom is 0.326 e. The Bertz CT molecular complexity index is 575. The zero-order valence-corrected chi connectivity index (χ0v) is 11.1. The number of carbonyl (C=O) groups excluding carboxylic acids is 2. The molecule has 2 rings (SSSR count). The van der Waals surface area contributed by atoms with Crippen molar-refractivity contribution >= 4 is 29.3 Å². The Balaban J connectivity index is 2.19. The van der Waals surface area contributed by atoms with E-state index in [-0.39, 0.29) is 25.5 Å². The van der Waals surface area contributed by atoms with Crippen molar-refractivity contribution in [2.24, 2.45) is 0 Å². The summed E-state index contributed by atoms with van der Waals surface area (Å²) in [5, 5.41) is 22.7. The van der Waals surface area contributed by atoms with E-state index in [1.165, 1.54) is 4.90 Å². The lowest BCUT2D eigenvalue weighted by Gasteiger charge is -2.30. The molecule has 1 heterocycles. The number of nitrogens with one attached hydrogen (secondary N) is 2. The van der Waals surface area contributed by atoms with Gasteiger partial charge in [0.1, 0.15) is 12.6 Å². The van der Waals surface area contributed by atoms with Crippen LogP contribution in [0.5, 0.6) is 0 Å². The quantitative estimate of drug-likeness (QED) is 0.622. The Labute approximate surface area is 120 Å². The number of hydrogen-bond acceptors (Lipinski definition) is 4. The van der Waals surface area contributed by atoms with Crippen LogP contribution in [0, 0.1) is 0 Å². The van der Waals surface area contributed by atoms with Gasteiger partial charge in [0.15, 0.2) is 0 Å². The highest BCUT2D eigenvalue weighted by molar-refractivity contribution is 6.09. The zero-order valence-electron chi connectivity index (χ0n) is 11.1. The first-order chi connectivity index (χ1) is 10.0. The Hall–Kier alpha value is -2.61. The van der Waals surface area contributed by atoms with Gasteiger partial charge in [-0.3, -0.25) is 9.69 Å². The molecule has 0 bridgehead atoms. The van der Waals surface area contributed by atoms with Crippen molar-refractivity contribution in [1.82, 2.24) is 5.32 Å². The molecule has 0 radical (unpaired) electrons. The average molecular weight is 293 g/mol. The van der Waals surface area contributed by atoms with Crippen LogP contribution in [-0.4, -0.2) is 47.3 Å². The van der Waals surface area contributed by atoms with E-state index in [4.69, 9.17) is 10.2 Å². The first kappa shape index (κ1) is 14.8. The molecule has 21 heavy (non-hydrogen) atoms. The predicted octanol–water partition coefficient (Wildman–Crippen LogP) is -0.00970. The number of amides is 3. The van der Waals surface area contributed by atoms with Gasteiger partial charge in [0, 0.05) is 13.0 Å². The molecule has 4 N–H and O–H groups in total. The molecule has 3 amide bonds. The standard InChI is InChI=1S/C13H15N3O5/c17-6-5-9(12(19)20)15-13(21)16-7-11(18)14-8-3-1-2-4-10(8)16/h1-4,9,17H,5-7H2,(H,14,18)(H,15,21)(H,19,20)/t9-/m0/s1. The topological polar surface area (TPSA) is 119 Å². The molecule has 1 aliphatic rings. The maximum atomic E-state index is 12.2. The highest BCUT2D eigenvalue weighted by Crippen LogP contribution is 2.28. The van der Waals surface area contributed by atoms with Crippen molar-refractivity contribution in [3.8, 4) is 0 Å². The number of aliphatic hydroxyl groups excluding tert-OH is 1. The lowest BCUT2D eigenvalue weighted by Crippen LogP contribution is -2.52. The smallest absolute Gasteiger partial charge is 0.326 e. The Morgan fingerprint density at radius 3 is 2.76 bits per heavy atom. The predicted molar refractivity (Wildman–Crippen MR) is 74.1 cm³/mol. The van der Waals surface area contributed by atoms with E-state index < -0.39 is 18.0 Å². The van der Waals surface area contributed by atoms with Crippen molar-refractivity contribution in [2.45, 2.75) is 12.5 Å². The Morgan fingerprint density at radius 1 is 1.38 bits per heavy atom. The van der Waals surface area contributed by atoms with Gasteiger partial charge < -0.3 is 20.8 Å². The number of rotatable bonds is 4. The Morgan fingerprint density at radius 2 is 2.10 bits per heavy atom. The second-order valence-corrected chi connectivity index (χ2v) is 4.50. The molecule has 1 aromatic rings. The molecule has 0 saturated heterocycles. The maximum absolute atomic E-state index is 12.2. The molecule has 1 aliphatic heterocycles. The molecule has 112 valence electrons. The zero-order chi connectivity index (χ0) is 15.4. The number of carbonyl (C=O) groups is 3. The number of fused-ring (bicyclic) bond motifs is 1. The average Bonchev–Trinajstić information content (AvgIpc) is 2.45. The van der Waals surface area contributed by atoms with Crippen LogP contribution in [0.1, 0.15) is 6.42 Å². The minimum atomic E-state index is -1.24. The molecular weight excluding hydrogens is 278 g/mol. The van der Waals surface area contributed by atoms with Gasteiger partial charge in [0.05, 0.1) is 11.4 Å². The van der Waals surface area contributed by atoms with Gasteiger partial charge in [-0.1, -0.05) is 12.1 Å². The van der Waals surface area contributed by atoms with Crippen molar-refractivity contribution in [3.63, 3.8) is 0 Å². The summed E-state index contributed by atoms with van der Waals surface area (Å²) in [4.78, 5) is 35.9. The number of benzene rings is 1. The number of para-hydroxylation sites is 2. The van der Waals surface area contributed by atoms with Crippen molar-refractivity contribution < 1.29 is 24.6 Å². The fourth-order valence-electron chi connectivity index (χ4n) is 2.03. The highest BCUT2D eigenvalue weighted by atomic mass is 16.4. The van der Waals surface area contributed by atoms with Gasteiger partial charge in [-0.2, -0.15) is 0 Å². The molecule has 0 spiro atoms. The van der Waals surface area contributed by atoms with E-state index in [0.717, 1.165) is 0 Å². The van der Waals surface area contributed by atoms with Gasteiger partial charge in [0.2, 0.25) is 5.91 Å². The van der Waals surface area contributed by atoms with Crippen LogP contribution in [0.25, 0.3) is 0 Å². The number of hydrogen-bond donors (Lipinski definition) is 4. The summed E-state index contributed by atoms with van der Waals surface area (Å²) >= 11 is 0. The lowest BCUT2D eigenvalue weighted by atomic mass is 10.2. The first-order valence-corrected chi connectivity index (χ1v) is 6.33. The van der Waals surface area contributed by atoms with E-state index in [0.29, 0.717) is 11.4 Å². The minimum absolute atomic E-state index is 0.108. The largest absolute Gasteiger partial charge is 0.480 e. The van der Waals surface area contributed by atoms with Crippen LogP contribution in [0.3, 0.4) is 0 Å². The summed E-state index contributed by atoms with van der Waals surface area (Å²) in [6, 6.07) is 4.81. The van der Waals surface area contributed by atoms with Crippen LogP contribution in [0.15, 0.2) is 24.3 Å². The van der Waals surface area contributed by atoms with Crippen LogP contribution in [0.2, 0.25) is 0 Å². The van der Waals surface area contributed by atoms with Gasteiger partial charge in [-0.15, -0.1) is 0 Å². The molecule has 0 unspecified atom stereocenters. The third kappa shape index (κ3) is 3.29. The van der Waals surface area contributed by atoms with Crippen LogP contribution < -0.4 is 15.5 Å². The molecule has 1 atom stereocenters. The number of carboxylic acids is 1. The van der Waals surface area contributed by atoms with E-state index in [2.05, 4.69) is 10.6 Å². The highest BCUT2D eigenvalue weighted by Gasteiger charge is 2.29. The minimum Gasteiger partial charge on any atom is -0.480 e. The summed E-state index contributed by atoms with van der Waals surface area (Å²) in [5.74, 6) is -1.61. The van der Waals surface area contributed by atoms with Crippen LogP contribution in [-0.2, 0) is 9.59 Å². The summed E-state index contributed by atoms with van der Waals surface area (Å²) in [5.41, 5.74) is 0.973. The molecule has 0 aliphatic carbocycles. The molecule has 8 heteroatoms. The summed E-state index contributed by atoms with van der Waals surface area (Å²) in [6.45, 7) is -0.567. The van der Waals surface area contributed by atoms with Crippen molar-refractivity contribution in [3.05, 3.63) is 24.3 Å². The summed E-state index contributed by atoms with van der Waals surface area (Å²) in [6.07, 6.45) is -0.108. The molecule has 0 aromatic heterocycles. The van der Waals surface area contributed by atoms with Gasteiger partial charge in [-0.05, 0) is 12.1 Å². The monoisotopic (exact) mass is 293 g/mol. The number of anilines is 2.